The molecule has 0 saturated heterocycles. The molecule has 2 atom stereocenters. The smallest absolute Gasteiger partial charge is 0.0946 e. The van der Waals surface area contributed by atoms with Crippen LogP contribution in [0.15, 0.2) is 36.9 Å². The van der Waals surface area contributed by atoms with Crippen LogP contribution >= 0.6 is 0 Å². The Kier molecular flexibility index (Phi) is 3.38. The zero-order valence-corrected chi connectivity index (χ0v) is 11.6. The number of nitrogens with zero attached hydrogens (tertiary/aromatic N) is 2. The highest BCUT2D eigenvalue weighted by Gasteiger charge is 2.28. The van der Waals surface area contributed by atoms with Gasteiger partial charge in [-0.25, -0.2) is 4.98 Å². The molecule has 3 rings (SSSR count). The molecule has 0 saturated carbocycles. The van der Waals surface area contributed by atoms with Crippen LogP contribution in [0.1, 0.15) is 42.0 Å². The number of hydrogen-bond acceptors (Lipinski definition) is 2. The zero-order valence-electron chi connectivity index (χ0n) is 11.6. The molecule has 0 amide bonds. The van der Waals surface area contributed by atoms with Crippen molar-refractivity contribution in [3.8, 4) is 0 Å². The summed E-state index contributed by atoms with van der Waals surface area (Å²) < 4.78 is 2.11. The Labute approximate surface area is 114 Å². The molecule has 2 aromatic rings. The maximum atomic E-state index is 4.07. The van der Waals surface area contributed by atoms with Crippen molar-refractivity contribution in [3.63, 3.8) is 0 Å². The summed E-state index contributed by atoms with van der Waals surface area (Å²) >= 11 is 0. The summed E-state index contributed by atoms with van der Waals surface area (Å²) in [4.78, 5) is 4.07. The maximum absolute atomic E-state index is 4.07. The first-order valence-electron chi connectivity index (χ1n) is 7.04. The molecule has 0 spiro atoms. The Morgan fingerprint density at radius 2 is 2.32 bits per heavy atom. The first-order valence-corrected chi connectivity index (χ1v) is 7.04. The molecule has 1 N–H and O–H groups in total. The Morgan fingerprint density at radius 1 is 1.42 bits per heavy atom. The fraction of sp³-hybridized carbons (Fsp3) is 0.438. The van der Waals surface area contributed by atoms with Crippen LogP contribution in [0, 0.1) is 6.92 Å². The summed E-state index contributed by atoms with van der Waals surface area (Å²) in [5, 5.41) is 3.69. The van der Waals surface area contributed by atoms with Crippen molar-refractivity contribution in [2.75, 3.05) is 6.54 Å². The molecule has 1 aliphatic rings. The van der Waals surface area contributed by atoms with Crippen molar-refractivity contribution < 1.29 is 0 Å². The highest BCUT2D eigenvalue weighted by Crippen LogP contribution is 2.41. The number of imidazole rings is 1. The molecule has 3 heteroatoms. The predicted octanol–water partition coefficient (Wildman–Crippen LogP) is 3.03. The molecule has 1 aliphatic carbocycles. The summed E-state index contributed by atoms with van der Waals surface area (Å²) in [6.45, 7) is 6.53. The fourth-order valence-electron chi connectivity index (χ4n) is 3.26. The lowest BCUT2D eigenvalue weighted by molar-refractivity contribution is 0.483. The summed E-state index contributed by atoms with van der Waals surface area (Å²) in [7, 11) is 0. The number of rotatable bonds is 4. The zero-order chi connectivity index (χ0) is 13.2. The minimum Gasteiger partial charge on any atom is -0.336 e. The lowest BCUT2D eigenvalue weighted by Gasteiger charge is -2.14. The molecule has 1 aromatic heterocycles. The highest BCUT2D eigenvalue weighted by atomic mass is 15.0. The van der Waals surface area contributed by atoms with Gasteiger partial charge in [0.2, 0.25) is 0 Å². The Balaban J connectivity index is 1.66. The third-order valence-corrected chi connectivity index (χ3v) is 4.14. The quantitative estimate of drug-likeness (QED) is 0.910. The molecular formula is C16H21N3. The number of hydrogen-bond donors (Lipinski definition) is 1. The van der Waals surface area contributed by atoms with Gasteiger partial charge >= 0.3 is 0 Å². The van der Waals surface area contributed by atoms with Crippen LogP contribution < -0.4 is 5.32 Å². The summed E-state index contributed by atoms with van der Waals surface area (Å²) in [5.41, 5.74) is 4.49. The van der Waals surface area contributed by atoms with E-state index in [9.17, 15) is 0 Å². The Hall–Kier alpha value is -1.61. The monoisotopic (exact) mass is 255 g/mol. The SMILES string of the molecule is Cc1cccc2c1[C@@H](C)C[C@H]2NCCn1ccnc1. The van der Waals surface area contributed by atoms with Crippen molar-refractivity contribution in [1.29, 1.82) is 0 Å². The third kappa shape index (κ3) is 2.43. The molecule has 0 fully saturated rings. The van der Waals surface area contributed by atoms with Crippen molar-refractivity contribution in [3.05, 3.63) is 53.6 Å². The van der Waals surface area contributed by atoms with Gasteiger partial charge in [-0.1, -0.05) is 25.1 Å². The number of nitrogens with one attached hydrogen (secondary N) is 1. The van der Waals surface area contributed by atoms with E-state index in [4.69, 9.17) is 0 Å². The minimum absolute atomic E-state index is 0.508. The van der Waals surface area contributed by atoms with Crippen LogP contribution in [-0.2, 0) is 6.54 Å². The van der Waals surface area contributed by atoms with E-state index in [-0.39, 0.29) is 0 Å². The molecular weight excluding hydrogens is 234 g/mol. The average molecular weight is 255 g/mol. The maximum Gasteiger partial charge on any atom is 0.0946 e. The van der Waals surface area contributed by atoms with Crippen LogP contribution in [0.4, 0.5) is 0 Å². The third-order valence-electron chi connectivity index (χ3n) is 4.14. The summed E-state index contributed by atoms with van der Waals surface area (Å²) in [6, 6.07) is 7.19. The van der Waals surface area contributed by atoms with Gasteiger partial charge in [0.15, 0.2) is 0 Å². The van der Waals surface area contributed by atoms with E-state index >= 15 is 0 Å². The van der Waals surface area contributed by atoms with E-state index in [2.05, 4.69) is 46.9 Å². The van der Waals surface area contributed by atoms with E-state index in [0.29, 0.717) is 12.0 Å². The van der Waals surface area contributed by atoms with Crippen LogP contribution in [-0.4, -0.2) is 16.1 Å². The summed E-state index contributed by atoms with van der Waals surface area (Å²) in [6.07, 6.45) is 6.93. The van der Waals surface area contributed by atoms with Gasteiger partial charge in [-0.15, -0.1) is 0 Å². The van der Waals surface area contributed by atoms with Crippen LogP contribution in [0.2, 0.25) is 0 Å². The van der Waals surface area contributed by atoms with Crippen LogP contribution in [0.5, 0.6) is 0 Å². The van der Waals surface area contributed by atoms with E-state index in [1.54, 1.807) is 5.56 Å². The van der Waals surface area contributed by atoms with Gasteiger partial charge in [0.25, 0.3) is 0 Å². The predicted molar refractivity (Wildman–Crippen MR) is 77.2 cm³/mol. The standard InChI is InChI=1S/C16H21N3/c1-12-4-3-5-14-15(10-13(2)16(12)14)18-7-9-19-8-6-17-11-19/h3-6,8,11,13,15,18H,7,9-10H2,1-2H3/t13-,15+/m0/s1. The van der Waals surface area contributed by atoms with Crippen LogP contribution in [0.25, 0.3) is 0 Å². The van der Waals surface area contributed by atoms with Crippen molar-refractivity contribution in [2.24, 2.45) is 0 Å². The van der Waals surface area contributed by atoms with Crippen LogP contribution in [0.3, 0.4) is 0 Å². The molecule has 1 aromatic carbocycles. The van der Waals surface area contributed by atoms with Gasteiger partial charge in [0.1, 0.15) is 0 Å². The Morgan fingerprint density at radius 3 is 3.11 bits per heavy atom. The molecule has 0 unspecified atom stereocenters. The minimum atomic E-state index is 0.508. The number of fused-ring (bicyclic) bond motifs is 1. The molecule has 100 valence electrons. The largest absolute Gasteiger partial charge is 0.336 e. The summed E-state index contributed by atoms with van der Waals surface area (Å²) in [5.74, 6) is 0.668. The van der Waals surface area contributed by atoms with E-state index < -0.39 is 0 Å². The average Bonchev–Trinajstić information content (AvgIpc) is 3.00. The molecule has 0 aliphatic heterocycles. The lowest BCUT2D eigenvalue weighted by atomic mass is 9.98. The number of aryl methyl sites for hydroxylation is 1. The molecule has 3 nitrogen and oxygen atoms in total. The van der Waals surface area contributed by atoms with Crippen molar-refractivity contribution in [2.45, 2.75) is 38.8 Å². The van der Waals surface area contributed by atoms with Crippen molar-refractivity contribution in [1.82, 2.24) is 14.9 Å². The molecule has 0 radical (unpaired) electrons. The van der Waals surface area contributed by atoms with Gasteiger partial charge < -0.3 is 9.88 Å². The number of benzene rings is 1. The molecule has 1 heterocycles. The van der Waals surface area contributed by atoms with Crippen molar-refractivity contribution >= 4 is 0 Å². The van der Waals surface area contributed by atoms with E-state index in [1.807, 2.05) is 18.7 Å². The lowest BCUT2D eigenvalue weighted by Crippen LogP contribution is -2.23. The number of aromatic nitrogens is 2. The van der Waals surface area contributed by atoms with Gasteiger partial charge in [0, 0.05) is 31.5 Å². The normalized spacial score (nSPS) is 21.6. The second kappa shape index (κ2) is 5.17. The fourth-order valence-corrected chi connectivity index (χ4v) is 3.26. The van der Waals surface area contributed by atoms with Gasteiger partial charge in [0.05, 0.1) is 6.33 Å². The second-order valence-corrected chi connectivity index (χ2v) is 5.52. The Bertz CT molecular complexity index is 545. The second-order valence-electron chi connectivity index (χ2n) is 5.52. The first-order chi connectivity index (χ1) is 9.25. The van der Waals surface area contributed by atoms with Gasteiger partial charge in [-0.05, 0) is 36.0 Å². The van der Waals surface area contributed by atoms with E-state index in [0.717, 1.165) is 13.1 Å². The topological polar surface area (TPSA) is 29.9 Å². The first kappa shape index (κ1) is 12.4. The van der Waals surface area contributed by atoms with Gasteiger partial charge in [-0.2, -0.15) is 0 Å². The van der Waals surface area contributed by atoms with Gasteiger partial charge in [-0.3, -0.25) is 0 Å². The highest BCUT2D eigenvalue weighted by molar-refractivity contribution is 5.43. The molecule has 19 heavy (non-hydrogen) atoms. The van der Waals surface area contributed by atoms with E-state index in [1.165, 1.54) is 17.5 Å². The molecule has 0 bridgehead atoms.